The van der Waals surface area contributed by atoms with E-state index in [0.29, 0.717) is 0 Å². The van der Waals surface area contributed by atoms with Gasteiger partial charge in [-0.1, -0.05) is 31.9 Å². The van der Waals surface area contributed by atoms with Crippen LogP contribution < -0.4 is 5.73 Å². The lowest BCUT2D eigenvalue weighted by molar-refractivity contribution is 1.09. The van der Waals surface area contributed by atoms with Gasteiger partial charge < -0.3 is 5.73 Å². The third-order valence-electron chi connectivity index (χ3n) is 0.147. The molecular formula is C2H5Br2N. The van der Waals surface area contributed by atoms with E-state index in [1.807, 2.05) is 0 Å². The fraction of sp³-hybridized carbons (Fsp3) is 1.00. The summed E-state index contributed by atoms with van der Waals surface area (Å²) < 4.78 is 0. The topological polar surface area (TPSA) is 26.0 Å². The second-order valence-electron chi connectivity index (χ2n) is 0.670. The lowest BCUT2D eigenvalue weighted by Crippen LogP contribution is -2.10. The standard InChI is InChI=1S/C2H5Br2N/c3-1-2(4)5/h2H,1,5H2. The lowest BCUT2D eigenvalue weighted by Gasteiger charge is -1.87. The van der Waals surface area contributed by atoms with Crippen molar-refractivity contribution in [3.8, 4) is 0 Å². The maximum Gasteiger partial charge on any atom is 0.0703 e. The van der Waals surface area contributed by atoms with Gasteiger partial charge in [0, 0.05) is 5.33 Å². The highest BCUT2D eigenvalue weighted by Crippen LogP contribution is 1.92. The highest BCUT2D eigenvalue weighted by atomic mass is 79.9. The Morgan fingerprint density at radius 1 is 1.80 bits per heavy atom. The molecule has 5 heavy (non-hydrogen) atoms. The van der Waals surface area contributed by atoms with E-state index in [9.17, 15) is 0 Å². The van der Waals surface area contributed by atoms with Crippen molar-refractivity contribution in [3.05, 3.63) is 0 Å². The number of halogens is 2. The number of hydrogen-bond donors (Lipinski definition) is 1. The summed E-state index contributed by atoms with van der Waals surface area (Å²) in [6, 6.07) is 0. The van der Waals surface area contributed by atoms with Crippen molar-refractivity contribution in [2.75, 3.05) is 5.33 Å². The highest BCUT2D eigenvalue weighted by Gasteiger charge is 1.84. The molecule has 0 saturated carbocycles. The van der Waals surface area contributed by atoms with E-state index in [2.05, 4.69) is 31.9 Å². The van der Waals surface area contributed by atoms with Crippen LogP contribution in [0, 0.1) is 0 Å². The Kier molecular flexibility index (Phi) is 3.70. The number of rotatable bonds is 1. The zero-order chi connectivity index (χ0) is 4.28. The molecule has 3 heteroatoms. The molecule has 0 aliphatic carbocycles. The van der Waals surface area contributed by atoms with E-state index in [0.717, 1.165) is 5.33 Å². The minimum Gasteiger partial charge on any atom is -0.318 e. The fourth-order valence-electron chi connectivity index (χ4n) is 0. The van der Waals surface area contributed by atoms with Crippen molar-refractivity contribution in [1.82, 2.24) is 0 Å². The maximum absolute atomic E-state index is 5.16. The normalized spacial score (nSPS) is 15.0. The first-order chi connectivity index (χ1) is 2.27. The van der Waals surface area contributed by atoms with Gasteiger partial charge in [0.15, 0.2) is 0 Å². The molecule has 0 aliphatic heterocycles. The van der Waals surface area contributed by atoms with Crippen LogP contribution in [-0.2, 0) is 0 Å². The van der Waals surface area contributed by atoms with E-state index in [-0.39, 0.29) is 4.95 Å². The number of nitrogens with two attached hydrogens (primary N) is 1. The Hall–Kier alpha value is 0.920. The van der Waals surface area contributed by atoms with Gasteiger partial charge in [-0.2, -0.15) is 0 Å². The van der Waals surface area contributed by atoms with Crippen LogP contribution >= 0.6 is 31.9 Å². The van der Waals surface area contributed by atoms with Crippen molar-refractivity contribution in [1.29, 1.82) is 0 Å². The summed E-state index contributed by atoms with van der Waals surface area (Å²) in [6.45, 7) is 0. The van der Waals surface area contributed by atoms with Crippen LogP contribution in [0.3, 0.4) is 0 Å². The Labute approximate surface area is 48.2 Å². The van der Waals surface area contributed by atoms with Crippen molar-refractivity contribution < 1.29 is 0 Å². The summed E-state index contributed by atoms with van der Waals surface area (Å²) in [7, 11) is 0. The molecule has 0 saturated heterocycles. The first kappa shape index (κ1) is 5.92. The molecule has 0 spiro atoms. The van der Waals surface area contributed by atoms with Crippen LogP contribution in [0.4, 0.5) is 0 Å². The maximum atomic E-state index is 5.16. The molecule has 0 heterocycles. The Morgan fingerprint density at radius 2 is 2.00 bits per heavy atom. The van der Waals surface area contributed by atoms with Crippen LogP contribution in [0.2, 0.25) is 0 Å². The predicted molar refractivity (Wildman–Crippen MR) is 30.7 cm³/mol. The molecular weight excluding hydrogens is 198 g/mol. The average Bonchev–Trinajstić information content (AvgIpc) is 1.38. The quantitative estimate of drug-likeness (QED) is 0.500. The Morgan fingerprint density at radius 3 is 2.00 bits per heavy atom. The van der Waals surface area contributed by atoms with E-state index in [1.165, 1.54) is 0 Å². The number of hydrogen-bond acceptors (Lipinski definition) is 1. The van der Waals surface area contributed by atoms with E-state index >= 15 is 0 Å². The van der Waals surface area contributed by atoms with Gasteiger partial charge in [-0.05, 0) is 0 Å². The minimum absolute atomic E-state index is 0.113. The zero-order valence-electron chi connectivity index (χ0n) is 2.62. The van der Waals surface area contributed by atoms with Gasteiger partial charge in [-0.15, -0.1) is 0 Å². The van der Waals surface area contributed by atoms with Gasteiger partial charge in [0.25, 0.3) is 0 Å². The molecule has 0 amide bonds. The summed E-state index contributed by atoms with van der Waals surface area (Å²) in [5.41, 5.74) is 5.16. The van der Waals surface area contributed by atoms with Crippen LogP contribution in [0.1, 0.15) is 0 Å². The largest absolute Gasteiger partial charge is 0.318 e. The minimum atomic E-state index is 0.113. The molecule has 2 N–H and O–H groups in total. The Bertz CT molecular complexity index is 21.6. The second kappa shape index (κ2) is 3.12. The van der Waals surface area contributed by atoms with E-state index in [1.54, 1.807) is 0 Å². The van der Waals surface area contributed by atoms with Crippen molar-refractivity contribution in [2.24, 2.45) is 5.73 Å². The van der Waals surface area contributed by atoms with Crippen LogP contribution in [0.5, 0.6) is 0 Å². The second-order valence-corrected chi connectivity index (χ2v) is 2.49. The van der Waals surface area contributed by atoms with Gasteiger partial charge in [0.05, 0.1) is 4.95 Å². The molecule has 0 radical (unpaired) electrons. The third kappa shape index (κ3) is 4.92. The summed E-state index contributed by atoms with van der Waals surface area (Å²) in [5.74, 6) is 0. The molecule has 1 unspecified atom stereocenters. The third-order valence-corrected chi connectivity index (χ3v) is 2.04. The molecule has 0 aromatic carbocycles. The van der Waals surface area contributed by atoms with Crippen LogP contribution in [0.15, 0.2) is 0 Å². The van der Waals surface area contributed by atoms with E-state index in [4.69, 9.17) is 5.73 Å². The van der Waals surface area contributed by atoms with Gasteiger partial charge in [0.1, 0.15) is 0 Å². The molecule has 0 aromatic rings. The molecule has 1 nitrogen and oxygen atoms in total. The fourth-order valence-corrected chi connectivity index (χ4v) is 0. The molecule has 0 rings (SSSR count). The first-order valence-corrected chi connectivity index (χ1v) is 3.26. The van der Waals surface area contributed by atoms with E-state index < -0.39 is 0 Å². The molecule has 32 valence electrons. The molecule has 1 atom stereocenters. The summed E-state index contributed by atoms with van der Waals surface area (Å²) >= 11 is 6.25. The Balaban J connectivity index is 2.54. The van der Waals surface area contributed by atoms with Gasteiger partial charge in [-0.3, -0.25) is 0 Å². The summed E-state index contributed by atoms with van der Waals surface area (Å²) in [4.78, 5) is 0.113. The smallest absolute Gasteiger partial charge is 0.0703 e. The van der Waals surface area contributed by atoms with Gasteiger partial charge >= 0.3 is 0 Å². The van der Waals surface area contributed by atoms with Crippen LogP contribution in [-0.4, -0.2) is 10.3 Å². The molecule has 0 aromatic heterocycles. The lowest BCUT2D eigenvalue weighted by atomic mass is 10.8. The van der Waals surface area contributed by atoms with Gasteiger partial charge in [0.2, 0.25) is 0 Å². The molecule has 0 fully saturated rings. The van der Waals surface area contributed by atoms with Crippen molar-refractivity contribution in [2.45, 2.75) is 4.95 Å². The molecule has 0 aliphatic rings. The van der Waals surface area contributed by atoms with Crippen molar-refractivity contribution >= 4 is 31.9 Å². The first-order valence-electron chi connectivity index (χ1n) is 1.23. The monoisotopic (exact) mass is 201 g/mol. The predicted octanol–water partition coefficient (Wildman–Crippen LogP) is 1.06. The summed E-state index contributed by atoms with van der Waals surface area (Å²) in [6.07, 6.45) is 0. The molecule has 0 bridgehead atoms. The summed E-state index contributed by atoms with van der Waals surface area (Å²) in [5, 5.41) is 0.812. The SMILES string of the molecule is NC(Br)CBr. The average molecular weight is 203 g/mol. The van der Waals surface area contributed by atoms with Crippen molar-refractivity contribution in [3.63, 3.8) is 0 Å². The van der Waals surface area contributed by atoms with Crippen LogP contribution in [0.25, 0.3) is 0 Å². The number of alkyl halides is 2. The highest BCUT2D eigenvalue weighted by molar-refractivity contribution is 9.12. The van der Waals surface area contributed by atoms with Gasteiger partial charge in [-0.25, -0.2) is 0 Å². The zero-order valence-corrected chi connectivity index (χ0v) is 5.79.